The van der Waals surface area contributed by atoms with Crippen LogP contribution in [0, 0.1) is 6.92 Å². The van der Waals surface area contributed by atoms with Gasteiger partial charge in [0.25, 0.3) is 10.1 Å². The molecule has 1 aromatic carbocycles. The van der Waals surface area contributed by atoms with Crippen LogP contribution in [0.2, 0.25) is 0 Å². The topological polar surface area (TPSA) is 52.6 Å². The molecule has 0 fully saturated rings. The van der Waals surface area contributed by atoms with E-state index in [4.69, 9.17) is 4.18 Å². The molecule has 0 atom stereocenters. The average molecular weight is 242 g/mol. The molecule has 0 spiro atoms. The third-order valence-electron chi connectivity index (χ3n) is 1.91. The van der Waals surface area contributed by atoms with E-state index in [2.05, 4.69) is 4.74 Å². The average Bonchev–Trinajstić information content (AvgIpc) is 2.25. The smallest absolute Gasteiger partial charge is 0.297 e. The van der Waals surface area contributed by atoms with Crippen LogP contribution in [0.3, 0.4) is 0 Å². The van der Waals surface area contributed by atoms with Gasteiger partial charge in [-0.2, -0.15) is 8.42 Å². The highest BCUT2D eigenvalue weighted by Crippen LogP contribution is 2.16. The number of rotatable bonds is 5. The molecular formula is C11H14O4S. The van der Waals surface area contributed by atoms with Crippen LogP contribution in [-0.4, -0.2) is 22.1 Å². The second-order valence-corrected chi connectivity index (χ2v) is 4.70. The van der Waals surface area contributed by atoms with E-state index in [1.165, 1.54) is 25.5 Å². The van der Waals surface area contributed by atoms with Gasteiger partial charge in [-0.05, 0) is 24.6 Å². The first kappa shape index (κ1) is 12.7. The van der Waals surface area contributed by atoms with Crippen LogP contribution >= 0.6 is 0 Å². The van der Waals surface area contributed by atoms with E-state index in [1.807, 2.05) is 0 Å². The summed E-state index contributed by atoms with van der Waals surface area (Å²) < 4.78 is 32.9. The standard InChI is InChI=1S/C11H14O4S/c1-10-6-3-4-7-11(10)16(12,13)15-9-5-8-14-2/h3-8H,9H2,1-2H3. The molecule has 0 aromatic heterocycles. The molecular weight excluding hydrogens is 228 g/mol. The minimum atomic E-state index is -3.68. The monoisotopic (exact) mass is 242 g/mol. The molecule has 0 amide bonds. The largest absolute Gasteiger partial charge is 0.505 e. The Morgan fingerprint density at radius 3 is 2.62 bits per heavy atom. The number of hydrogen-bond acceptors (Lipinski definition) is 4. The van der Waals surface area contributed by atoms with Crippen molar-refractivity contribution < 1.29 is 17.3 Å². The lowest BCUT2D eigenvalue weighted by Crippen LogP contribution is -2.08. The summed E-state index contributed by atoms with van der Waals surface area (Å²) in [4.78, 5) is 0.195. The first-order chi connectivity index (χ1) is 7.58. The van der Waals surface area contributed by atoms with Crippen molar-refractivity contribution in [1.82, 2.24) is 0 Å². The Kier molecular flexibility index (Phi) is 4.52. The van der Waals surface area contributed by atoms with Gasteiger partial charge in [-0.15, -0.1) is 0 Å². The van der Waals surface area contributed by atoms with Gasteiger partial charge in [0.15, 0.2) is 0 Å². The van der Waals surface area contributed by atoms with Crippen LogP contribution in [0.4, 0.5) is 0 Å². The van der Waals surface area contributed by atoms with Gasteiger partial charge in [0.05, 0.1) is 24.9 Å². The van der Waals surface area contributed by atoms with Gasteiger partial charge in [-0.1, -0.05) is 18.2 Å². The number of aryl methyl sites for hydroxylation is 1. The fourth-order valence-electron chi connectivity index (χ4n) is 1.16. The van der Waals surface area contributed by atoms with Crippen molar-refractivity contribution in [3.05, 3.63) is 42.2 Å². The summed E-state index contributed by atoms with van der Waals surface area (Å²) in [5.74, 6) is 0. The molecule has 0 aliphatic heterocycles. The Balaban J connectivity index is 2.79. The van der Waals surface area contributed by atoms with Crippen molar-refractivity contribution in [2.75, 3.05) is 13.7 Å². The Bertz CT molecular complexity index is 463. The summed E-state index contributed by atoms with van der Waals surface area (Å²) in [6.07, 6.45) is 2.85. The SMILES string of the molecule is COC=CCOS(=O)(=O)c1ccccc1C. The molecule has 0 heterocycles. The van der Waals surface area contributed by atoms with Crippen molar-refractivity contribution in [3.63, 3.8) is 0 Å². The molecule has 5 heteroatoms. The van der Waals surface area contributed by atoms with Crippen molar-refractivity contribution in [2.24, 2.45) is 0 Å². The minimum Gasteiger partial charge on any atom is -0.505 e. The summed E-state index contributed by atoms with van der Waals surface area (Å²) in [5, 5.41) is 0. The molecule has 0 unspecified atom stereocenters. The molecule has 0 aliphatic rings. The predicted molar refractivity (Wildman–Crippen MR) is 60.5 cm³/mol. The van der Waals surface area contributed by atoms with Crippen LogP contribution in [-0.2, 0) is 19.0 Å². The summed E-state index contributed by atoms with van der Waals surface area (Å²) >= 11 is 0. The van der Waals surface area contributed by atoms with Gasteiger partial charge < -0.3 is 4.74 Å². The van der Waals surface area contributed by atoms with Gasteiger partial charge in [-0.25, -0.2) is 0 Å². The fraction of sp³-hybridized carbons (Fsp3) is 0.273. The number of benzene rings is 1. The molecule has 0 N–H and O–H groups in total. The van der Waals surface area contributed by atoms with Gasteiger partial charge in [0.2, 0.25) is 0 Å². The lowest BCUT2D eigenvalue weighted by molar-refractivity contribution is 0.322. The predicted octanol–water partition coefficient (Wildman–Crippen LogP) is 1.86. The molecule has 1 rings (SSSR count). The van der Waals surface area contributed by atoms with E-state index >= 15 is 0 Å². The van der Waals surface area contributed by atoms with E-state index in [0.29, 0.717) is 5.56 Å². The quantitative estimate of drug-likeness (QED) is 0.584. The van der Waals surface area contributed by atoms with E-state index in [9.17, 15) is 8.42 Å². The summed E-state index contributed by atoms with van der Waals surface area (Å²) in [6.45, 7) is 1.69. The van der Waals surface area contributed by atoms with Crippen LogP contribution in [0.25, 0.3) is 0 Å². The van der Waals surface area contributed by atoms with E-state index in [0.717, 1.165) is 0 Å². The molecule has 4 nitrogen and oxygen atoms in total. The summed E-state index contributed by atoms with van der Waals surface area (Å²) in [7, 11) is -2.20. The molecule has 88 valence electrons. The van der Waals surface area contributed by atoms with Gasteiger partial charge in [0, 0.05) is 0 Å². The van der Waals surface area contributed by atoms with Crippen LogP contribution < -0.4 is 0 Å². The number of hydrogen-bond donors (Lipinski definition) is 0. The summed E-state index contributed by atoms with van der Waals surface area (Å²) in [5.41, 5.74) is 0.665. The Labute approximate surface area is 95.6 Å². The van der Waals surface area contributed by atoms with E-state index < -0.39 is 10.1 Å². The molecule has 16 heavy (non-hydrogen) atoms. The molecule has 0 aliphatic carbocycles. The lowest BCUT2D eigenvalue weighted by Gasteiger charge is -2.05. The Morgan fingerprint density at radius 2 is 2.00 bits per heavy atom. The van der Waals surface area contributed by atoms with Gasteiger partial charge >= 0.3 is 0 Å². The highest BCUT2D eigenvalue weighted by Gasteiger charge is 2.16. The van der Waals surface area contributed by atoms with Crippen molar-refractivity contribution in [1.29, 1.82) is 0 Å². The Morgan fingerprint density at radius 1 is 1.31 bits per heavy atom. The van der Waals surface area contributed by atoms with Crippen LogP contribution in [0.1, 0.15) is 5.56 Å². The normalized spacial score (nSPS) is 11.9. The van der Waals surface area contributed by atoms with Crippen molar-refractivity contribution >= 4 is 10.1 Å². The maximum absolute atomic E-state index is 11.7. The number of methoxy groups -OCH3 is 1. The van der Waals surface area contributed by atoms with Crippen LogP contribution in [0.5, 0.6) is 0 Å². The fourth-order valence-corrected chi connectivity index (χ4v) is 2.26. The zero-order valence-corrected chi connectivity index (χ0v) is 10.0. The minimum absolute atomic E-state index is 0.0372. The second-order valence-electron chi connectivity index (χ2n) is 3.11. The van der Waals surface area contributed by atoms with Crippen molar-refractivity contribution in [3.8, 4) is 0 Å². The maximum Gasteiger partial charge on any atom is 0.297 e. The molecule has 0 saturated carbocycles. The maximum atomic E-state index is 11.7. The first-order valence-corrected chi connectivity index (χ1v) is 6.11. The molecule has 0 radical (unpaired) electrons. The zero-order chi connectivity index (χ0) is 12.0. The zero-order valence-electron chi connectivity index (χ0n) is 9.21. The molecule has 1 aromatic rings. The lowest BCUT2D eigenvalue weighted by atomic mass is 10.2. The molecule has 0 saturated heterocycles. The van der Waals surface area contributed by atoms with Gasteiger partial charge in [-0.3, -0.25) is 4.18 Å². The number of ether oxygens (including phenoxy) is 1. The highest BCUT2D eigenvalue weighted by molar-refractivity contribution is 7.86. The third kappa shape index (κ3) is 3.36. The van der Waals surface area contributed by atoms with E-state index in [1.54, 1.807) is 25.1 Å². The van der Waals surface area contributed by atoms with Gasteiger partial charge in [0.1, 0.15) is 0 Å². The third-order valence-corrected chi connectivity index (χ3v) is 3.36. The second kappa shape index (κ2) is 5.67. The van der Waals surface area contributed by atoms with Crippen LogP contribution in [0.15, 0.2) is 41.5 Å². The highest BCUT2D eigenvalue weighted by atomic mass is 32.2. The van der Waals surface area contributed by atoms with E-state index in [-0.39, 0.29) is 11.5 Å². The molecule has 0 bridgehead atoms. The summed E-state index contributed by atoms with van der Waals surface area (Å²) in [6, 6.07) is 6.68. The van der Waals surface area contributed by atoms with Crippen molar-refractivity contribution in [2.45, 2.75) is 11.8 Å². The first-order valence-electron chi connectivity index (χ1n) is 4.71. The Hall–Kier alpha value is -1.33.